The lowest BCUT2D eigenvalue weighted by atomic mass is 10.2. The van der Waals surface area contributed by atoms with Crippen molar-refractivity contribution in [3.63, 3.8) is 0 Å². The zero-order valence-corrected chi connectivity index (χ0v) is 12.7. The van der Waals surface area contributed by atoms with Crippen LogP contribution in [0, 0.1) is 6.92 Å². The fourth-order valence-electron chi connectivity index (χ4n) is 1.92. The lowest BCUT2D eigenvalue weighted by molar-refractivity contribution is 0.400. The molecule has 0 aliphatic carbocycles. The highest BCUT2D eigenvalue weighted by molar-refractivity contribution is 7.80. The number of hydrogen-bond acceptors (Lipinski definition) is 5. The van der Waals surface area contributed by atoms with Gasteiger partial charge in [-0.15, -0.1) is 0 Å². The van der Waals surface area contributed by atoms with Crippen LogP contribution in [0.5, 0.6) is 11.5 Å². The molecule has 0 radical (unpaired) electrons. The molecule has 0 amide bonds. The lowest BCUT2D eigenvalue weighted by Gasteiger charge is -2.15. The maximum absolute atomic E-state index is 11.8. The highest BCUT2D eigenvalue weighted by Gasteiger charge is 2.13. The van der Waals surface area contributed by atoms with Gasteiger partial charge in [0.05, 0.1) is 14.2 Å². The van der Waals surface area contributed by atoms with Gasteiger partial charge in [0.25, 0.3) is 0 Å². The first kappa shape index (κ1) is 15.0. The van der Waals surface area contributed by atoms with E-state index in [-0.39, 0.29) is 16.1 Å². The predicted molar refractivity (Wildman–Crippen MR) is 83.6 cm³/mol. The summed E-state index contributed by atoms with van der Waals surface area (Å²) in [5.74, 6) is 1.23. The van der Waals surface area contributed by atoms with Crippen LogP contribution in [-0.4, -0.2) is 29.0 Å². The van der Waals surface area contributed by atoms with E-state index in [0.717, 1.165) is 0 Å². The third-order valence-corrected chi connectivity index (χ3v) is 3.15. The fourth-order valence-corrected chi connectivity index (χ4v) is 2.07. The van der Waals surface area contributed by atoms with E-state index < -0.39 is 0 Å². The minimum absolute atomic E-state index is 0.0421. The lowest BCUT2D eigenvalue weighted by Crippen LogP contribution is -2.26. The molecular formula is C14H15N3O3S. The molecule has 0 saturated heterocycles. The fraction of sp³-hybridized carbons (Fsp3) is 0.214. The van der Waals surface area contributed by atoms with Crippen LogP contribution in [0.25, 0.3) is 5.69 Å². The Bertz CT molecular complexity index is 756. The van der Waals surface area contributed by atoms with Crippen LogP contribution < -0.4 is 20.6 Å². The number of rotatable bonds is 4. The summed E-state index contributed by atoms with van der Waals surface area (Å²) in [4.78, 5) is 11.8. The van der Waals surface area contributed by atoms with Crippen LogP contribution in [0.1, 0.15) is 11.4 Å². The zero-order chi connectivity index (χ0) is 15.6. The van der Waals surface area contributed by atoms with Crippen LogP contribution >= 0.6 is 12.2 Å². The number of nitrogens with zero attached hydrogens (tertiary/aromatic N) is 2. The first-order valence-electron chi connectivity index (χ1n) is 6.11. The van der Waals surface area contributed by atoms with Crippen molar-refractivity contribution in [2.45, 2.75) is 6.92 Å². The molecular weight excluding hydrogens is 290 g/mol. The third kappa shape index (κ3) is 2.87. The van der Waals surface area contributed by atoms with E-state index in [4.69, 9.17) is 27.4 Å². The second-order valence-corrected chi connectivity index (χ2v) is 4.75. The Labute approximate surface area is 127 Å². The molecule has 2 rings (SSSR count). The van der Waals surface area contributed by atoms with E-state index in [1.54, 1.807) is 44.0 Å². The molecule has 0 spiro atoms. The standard InChI is InChI=1S/C14H15N3O3S/c1-8-6-11(18)13(14(15)21)16-17(8)10-7-9(19-2)4-5-12(10)20-3/h4-7H,1-3H3,(H2,15,21). The Kier molecular flexibility index (Phi) is 4.23. The molecule has 0 saturated carbocycles. The minimum Gasteiger partial charge on any atom is -0.497 e. The van der Waals surface area contributed by atoms with Crippen LogP contribution in [-0.2, 0) is 0 Å². The van der Waals surface area contributed by atoms with Crippen molar-refractivity contribution in [2.24, 2.45) is 5.73 Å². The minimum atomic E-state index is -0.307. The molecule has 1 aromatic carbocycles. The number of aryl methyl sites for hydroxylation is 1. The maximum atomic E-state index is 11.8. The number of aromatic nitrogens is 2. The van der Waals surface area contributed by atoms with Gasteiger partial charge >= 0.3 is 0 Å². The molecule has 7 heteroatoms. The van der Waals surface area contributed by atoms with E-state index in [9.17, 15) is 4.79 Å². The Hall–Kier alpha value is -2.41. The van der Waals surface area contributed by atoms with Gasteiger partial charge in [0.15, 0.2) is 5.69 Å². The molecule has 0 unspecified atom stereocenters. The first-order chi connectivity index (χ1) is 9.97. The van der Waals surface area contributed by atoms with E-state index in [1.165, 1.54) is 6.07 Å². The Balaban J connectivity index is 2.74. The molecule has 1 heterocycles. The van der Waals surface area contributed by atoms with Crippen LogP contribution in [0.2, 0.25) is 0 Å². The summed E-state index contributed by atoms with van der Waals surface area (Å²) in [6, 6.07) is 6.72. The van der Waals surface area contributed by atoms with Crippen molar-refractivity contribution in [1.29, 1.82) is 0 Å². The number of benzene rings is 1. The molecule has 110 valence electrons. The molecule has 0 aliphatic rings. The summed E-state index contributed by atoms with van der Waals surface area (Å²) < 4.78 is 12.1. The van der Waals surface area contributed by atoms with Gasteiger partial charge in [-0.3, -0.25) is 4.79 Å². The smallest absolute Gasteiger partial charge is 0.210 e. The summed E-state index contributed by atoms with van der Waals surface area (Å²) in [6.45, 7) is 1.76. The first-order valence-corrected chi connectivity index (χ1v) is 6.52. The van der Waals surface area contributed by atoms with E-state index in [1.807, 2.05) is 0 Å². The van der Waals surface area contributed by atoms with Gasteiger partial charge in [-0.2, -0.15) is 5.10 Å². The normalized spacial score (nSPS) is 10.2. The van der Waals surface area contributed by atoms with Gasteiger partial charge in [-0.25, -0.2) is 4.68 Å². The second-order valence-electron chi connectivity index (χ2n) is 4.31. The van der Waals surface area contributed by atoms with Crippen LogP contribution in [0.15, 0.2) is 29.1 Å². The predicted octanol–water partition coefficient (Wildman–Crippen LogP) is 1.19. The highest BCUT2D eigenvalue weighted by Crippen LogP contribution is 2.27. The largest absolute Gasteiger partial charge is 0.497 e. The number of ether oxygens (including phenoxy) is 2. The summed E-state index contributed by atoms with van der Waals surface area (Å²) in [5, 5.41) is 4.23. The van der Waals surface area contributed by atoms with Gasteiger partial charge in [0, 0.05) is 17.8 Å². The summed E-state index contributed by atoms with van der Waals surface area (Å²) in [6.07, 6.45) is 0. The molecule has 0 fully saturated rings. The number of thiocarbonyl (C=S) groups is 1. The van der Waals surface area contributed by atoms with Crippen molar-refractivity contribution in [3.8, 4) is 17.2 Å². The summed E-state index contributed by atoms with van der Waals surface area (Å²) in [5.41, 5.74) is 6.54. The quantitative estimate of drug-likeness (QED) is 0.855. The van der Waals surface area contributed by atoms with E-state index in [2.05, 4.69) is 5.10 Å². The highest BCUT2D eigenvalue weighted by atomic mass is 32.1. The zero-order valence-electron chi connectivity index (χ0n) is 11.9. The Morgan fingerprint density at radius 2 is 2.00 bits per heavy atom. The van der Waals surface area contributed by atoms with Gasteiger partial charge in [0.1, 0.15) is 22.2 Å². The topological polar surface area (TPSA) is 79.4 Å². The average Bonchev–Trinajstić information content (AvgIpc) is 2.46. The monoisotopic (exact) mass is 305 g/mol. The van der Waals surface area contributed by atoms with Crippen molar-refractivity contribution < 1.29 is 9.47 Å². The number of nitrogens with two attached hydrogens (primary N) is 1. The molecule has 2 N–H and O–H groups in total. The second kappa shape index (κ2) is 5.92. The maximum Gasteiger partial charge on any atom is 0.210 e. The van der Waals surface area contributed by atoms with Gasteiger partial charge in [-0.05, 0) is 19.1 Å². The van der Waals surface area contributed by atoms with Crippen LogP contribution in [0.4, 0.5) is 0 Å². The molecule has 21 heavy (non-hydrogen) atoms. The third-order valence-electron chi connectivity index (χ3n) is 2.96. The molecule has 0 atom stereocenters. The van der Waals surface area contributed by atoms with Gasteiger partial charge < -0.3 is 15.2 Å². The molecule has 0 aliphatic heterocycles. The van der Waals surface area contributed by atoms with Crippen molar-refractivity contribution in [2.75, 3.05) is 14.2 Å². The van der Waals surface area contributed by atoms with E-state index in [0.29, 0.717) is 22.9 Å². The Morgan fingerprint density at radius 1 is 1.29 bits per heavy atom. The van der Waals surface area contributed by atoms with Crippen molar-refractivity contribution in [1.82, 2.24) is 9.78 Å². The average molecular weight is 305 g/mol. The number of methoxy groups -OCH3 is 2. The summed E-state index contributed by atoms with van der Waals surface area (Å²) >= 11 is 4.86. The molecule has 2 aromatic rings. The SMILES string of the molecule is COc1ccc(OC)c(-n2nc(C(N)=S)c(=O)cc2C)c1. The Morgan fingerprint density at radius 3 is 2.57 bits per heavy atom. The van der Waals surface area contributed by atoms with Crippen molar-refractivity contribution in [3.05, 3.63) is 45.9 Å². The summed E-state index contributed by atoms with van der Waals surface area (Å²) in [7, 11) is 3.12. The van der Waals surface area contributed by atoms with Crippen LogP contribution in [0.3, 0.4) is 0 Å². The van der Waals surface area contributed by atoms with Crippen molar-refractivity contribution >= 4 is 17.2 Å². The number of hydrogen-bond donors (Lipinski definition) is 1. The molecule has 6 nitrogen and oxygen atoms in total. The van der Waals surface area contributed by atoms with Gasteiger partial charge in [0.2, 0.25) is 5.43 Å². The molecule has 1 aromatic heterocycles. The van der Waals surface area contributed by atoms with Gasteiger partial charge in [-0.1, -0.05) is 12.2 Å². The van der Waals surface area contributed by atoms with E-state index >= 15 is 0 Å². The molecule has 0 bridgehead atoms.